The number of carbonyl (C=O) groups is 3. The van der Waals surface area contributed by atoms with Gasteiger partial charge in [0.25, 0.3) is 11.8 Å². The first-order chi connectivity index (χ1) is 20.3. The van der Waals surface area contributed by atoms with Crippen molar-refractivity contribution in [3.8, 4) is 23.0 Å². The lowest BCUT2D eigenvalue weighted by molar-refractivity contribution is -0.385. The average molecular weight is 620 g/mol. The van der Waals surface area contributed by atoms with Crippen LogP contribution in [0, 0.1) is 10.1 Å². The zero-order valence-corrected chi connectivity index (χ0v) is 23.1. The molecule has 4 amide bonds. The molecule has 0 saturated carbocycles. The number of alkyl halides is 3. The zero-order chi connectivity index (χ0) is 31.5. The molecule has 224 valence electrons. The molecule has 15 heteroatoms. The quantitative estimate of drug-likeness (QED) is 0.124. The minimum atomic E-state index is -4.83. The van der Waals surface area contributed by atoms with Gasteiger partial charge in [0.2, 0.25) is 5.75 Å². The molecule has 4 rings (SSSR count). The van der Waals surface area contributed by atoms with E-state index in [0.29, 0.717) is 24.5 Å². The SMILES string of the molecule is CCOc1ccc(N2C(=O)NC(=O)/C(=C\c3cc(Cl)c(Oc4ccc(C(F)(F)F)cc4[N+](=O)[O-])c(OCC)c3)C2=O)cc1. The minimum absolute atomic E-state index is 0.0429. The number of nitrogens with zero attached hydrogens (tertiary/aromatic N) is 2. The molecule has 1 saturated heterocycles. The molecule has 0 bridgehead atoms. The highest BCUT2D eigenvalue weighted by molar-refractivity contribution is 6.39. The number of nitro groups is 1. The number of benzene rings is 3. The third-order valence-corrected chi connectivity index (χ3v) is 6.13. The van der Waals surface area contributed by atoms with Crippen molar-refractivity contribution in [2.45, 2.75) is 20.0 Å². The van der Waals surface area contributed by atoms with Gasteiger partial charge in [0.15, 0.2) is 11.5 Å². The van der Waals surface area contributed by atoms with Crippen LogP contribution in [0.1, 0.15) is 25.0 Å². The van der Waals surface area contributed by atoms with Crippen molar-refractivity contribution < 1.29 is 46.7 Å². The van der Waals surface area contributed by atoms with Gasteiger partial charge < -0.3 is 14.2 Å². The summed E-state index contributed by atoms with van der Waals surface area (Å²) in [5.74, 6) is -2.32. The second kappa shape index (κ2) is 12.4. The van der Waals surface area contributed by atoms with Crippen LogP contribution < -0.4 is 24.4 Å². The highest BCUT2D eigenvalue weighted by Gasteiger charge is 2.37. The van der Waals surface area contributed by atoms with E-state index in [0.717, 1.165) is 17.0 Å². The van der Waals surface area contributed by atoms with E-state index in [1.165, 1.54) is 24.3 Å². The molecule has 1 heterocycles. The molecule has 1 fully saturated rings. The smallest absolute Gasteiger partial charge is 0.416 e. The van der Waals surface area contributed by atoms with Gasteiger partial charge >= 0.3 is 17.9 Å². The maximum absolute atomic E-state index is 13.3. The van der Waals surface area contributed by atoms with Gasteiger partial charge in [-0.25, -0.2) is 9.69 Å². The standard InChI is InChI=1S/C28H21ClF3N3O8/c1-3-41-18-8-6-17(7-9-18)34-26(37)19(25(36)33-27(34)38)11-15-12-20(29)24(23(13-15)42-4-2)43-22-10-5-16(28(30,31)32)14-21(22)35(39)40/h5-14H,3-4H2,1-2H3,(H,33,36,38)/b19-11+. The number of hydrogen-bond donors (Lipinski definition) is 1. The fourth-order valence-corrected chi connectivity index (χ4v) is 4.24. The van der Waals surface area contributed by atoms with Gasteiger partial charge in [0.1, 0.15) is 11.3 Å². The van der Waals surface area contributed by atoms with Crippen LogP contribution >= 0.6 is 11.6 Å². The molecular formula is C28H21ClF3N3O8. The van der Waals surface area contributed by atoms with Gasteiger partial charge in [-0.3, -0.25) is 25.0 Å². The van der Waals surface area contributed by atoms with Gasteiger partial charge in [0, 0.05) is 6.07 Å². The third-order valence-electron chi connectivity index (χ3n) is 5.85. The van der Waals surface area contributed by atoms with Crippen LogP contribution in [0.15, 0.2) is 60.2 Å². The van der Waals surface area contributed by atoms with Gasteiger partial charge in [-0.15, -0.1) is 0 Å². The lowest BCUT2D eigenvalue weighted by atomic mass is 10.1. The molecule has 1 aliphatic heterocycles. The van der Waals surface area contributed by atoms with Crippen molar-refractivity contribution in [3.63, 3.8) is 0 Å². The Balaban J connectivity index is 1.71. The number of imide groups is 2. The molecule has 0 aliphatic carbocycles. The summed E-state index contributed by atoms with van der Waals surface area (Å²) in [6.45, 7) is 3.84. The summed E-state index contributed by atoms with van der Waals surface area (Å²) in [7, 11) is 0. The molecule has 0 unspecified atom stereocenters. The topological polar surface area (TPSA) is 137 Å². The number of barbiturate groups is 1. The molecule has 0 spiro atoms. The van der Waals surface area contributed by atoms with Crippen LogP contribution in [0.4, 0.5) is 29.3 Å². The normalized spacial score (nSPS) is 14.5. The summed E-state index contributed by atoms with van der Waals surface area (Å²) in [6, 6.07) is 9.31. The Hall–Kier alpha value is -5.11. The van der Waals surface area contributed by atoms with Gasteiger partial charge in [-0.2, -0.15) is 13.2 Å². The Kier molecular flexibility index (Phi) is 8.90. The van der Waals surface area contributed by atoms with E-state index in [9.17, 15) is 37.7 Å². The van der Waals surface area contributed by atoms with Crippen molar-refractivity contribution in [3.05, 3.63) is 86.4 Å². The Morgan fingerprint density at radius 3 is 2.26 bits per heavy atom. The van der Waals surface area contributed by atoms with Crippen molar-refractivity contribution >= 4 is 46.9 Å². The highest BCUT2D eigenvalue weighted by Crippen LogP contribution is 2.44. The van der Waals surface area contributed by atoms with Crippen molar-refractivity contribution in [1.29, 1.82) is 0 Å². The maximum atomic E-state index is 13.3. The summed E-state index contributed by atoms with van der Waals surface area (Å²) in [4.78, 5) is 49.7. The fourth-order valence-electron chi connectivity index (χ4n) is 3.98. The lowest BCUT2D eigenvalue weighted by Gasteiger charge is -2.26. The van der Waals surface area contributed by atoms with Crippen LogP contribution in [0.25, 0.3) is 6.08 Å². The number of halogens is 4. The second-order valence-electron chi connectivity index (χ2n) is 8.69. The largest absolute Gasteiger partial charge is 0.494 e. The summed E-state index contributed by atoms with van der Waals surface area (Å²) in [5, 5.41) is 13.4. The number of amides is 4. The third kappa shape index (κ3) is 6.70. The molecule has 0 aromatic heterocycles. The average Bonchev–Trinajstić information content (AvgIpc) is 2.93. The van der Waals surface area contributed by atoms with Crippen LogP contribution in [0.5, 0.6) is 23.0 Å². The minimum Gasteiger partial charge on any atom is -0.494 e. The van der Waals surface area contributed by atoms with E-state index < -0.39 is 51.5 Å². The Morgan fingerprint density at radius 1 is 0.977 bits per heavy atom. The molecule has 0 radical (unpaired) electrons. The van der Waals surface area contributed by atoms with E-state index in [1.54, 1.807) is 26.0 Å². The number of carbonyl (C=O) groups excluding carboxylic acids is 3. The Bertz CT molecular complexity index is 1640. The lowest BCUT2D eigenvalue weighted by Crippen LogP contribution is -2.54. The molecule has 11 nitrogen and oxygen atoms in total. The van der Waals surface area contributed by atoms with Crippen LogP contribution in [-0.2, 0) is 15.8 Å². The number of hydrogen-bond acceptors (Lipinski definition) is 8. The van der Waals surface area contributed by atoms with Gasteiger partial charge in [0.05, 0.1) is 34.4 Å². The van der Waals surface area contributed by atoms with E-state index in [2.05, 4.69) is 5.32 Å². The first kappa shape index (κ1) is 30.8. The monoisotopic (exact) mass is 619 g/mol. The highest BCUT2D eigenvalue weighted by atomic mass is 35.5. The number of rotatable bonds is 9. The Labute approximate surface area is 246 Å². The predicted octanol–water partition coefficient (Wildman–Crippen LogP) is 6.52. The molecular weight excluding hydrogens is 599 g/mol. The summed E-state index contributed by atoms with van der Waals surface area (Å²) < 4.78 is 55.8. The molecule has 43 heavy (non-hydrogen) atoms. The number of urea groups is 1. The summed E-state index contributed by atoms with van der Waals surface area (Å²) >= 11 is 6.39. The van der Waals surface area contributed by atoms with E-state index in [-0.39, 0.29) is 34.4 Å². The van der Waals surface area contributed by atoms with Crippen molar-refractivity contribution in [2.75, 3.05) is 18.1 Å². The van der Waals surface area contributed by atoms with Crippen molar-refractivity contribution in [2.24, 2.45) is 0 Å². The number of ether oxygens (including phenoxy) is 3. The van der Waals surface area contributed by atoms with Crippen LogP contribution in [0.3, 0.4) is 0 Å². The van der Waals surface area contributed by atoms with E-state index in [1.807, 2.05) is 0 Å². The predicted molar refractivity (Wildman–Crippen MR) is 147 cm³/mol. The van der Waals surface area contributed by atoms with E-state index >= 15 is 0 Å². The maximum Gasteiger partial charge on any atom is 0.416 e. The first-order valence-electron chi connectivity index (χ1n) is 12.5. The first-order valence-corrected chi connectivity index (χ1v) is 12.9. The molecule has 3 aromatic rings. The van der Waals surface area contributed by atoms with Crippen LogP contribution in [-0.4, -0.2) is 36.0 Å². The molecule has 1 N–H and O–H groups in total. The summed E-state index contributed by atoms with van der Waals surface area (Å²) in [5.41, 5.74) is -2.35. The second-order valence-corrected chi connectivity index (χ2v) is 9.09. The molecule has 0 atom stereocenters. The Morgan fingerprint density at radius 2 is 1.65 bits per heavy atom. The van der Waals surface area contributed by atoms with Crippen LogP contribution in [0.2, 0.25) is 5.02 Å². The van der Waals surface area contributed by atoms with Crippen molar-refractivity contribution in [1.82, 2.24) is 5.32 Å². The number of nitro benzene ring substituents is 1. The van der Waals surface area contributed by atoms with E-state index in [4.69, 9.17) is 25.8 Å². The molecule has 1 aliphatic rings. The molecule has 3 aromatic carbocycles. The zero-order valence-electron chi connectivity index (χ0n) is 22.4. The van der Waals surface area contributed by atoms with Gasteiger partial charge in [-0.1, -0.05) is 11.6 Å². The number of anilines is 1. The summed E-state index contributed by atoms with van der Waals surface area (Å²) in [6.07, 6.45) is -3.69. The fraction of sp³-hybridized carbons (Fsp3) is 0.179. The number of nitrogens with one attached hydrogen (secondary N) is 1. The van der Waals surface area contributed by atoms with Gasteiger partial charge in [-0.05, 0) is 74.0 Å².